The molecule has 0 aliphatic heterocycles. The molecule has 1 saturated carbocycles. The maximum atomic E-state index is 9.39. The second kappa shape index (κ2) is 5.21. The molecule has 1 aromatic carbocycles. The van der Waals surface area contributed by atoms with E-state index in [1.54, 1.807) is 0 Å². The summed E-state index contributed by atoms with van der Waals surface area (Å²) in [6.07, 6.45) is 2.50. The van der Waals surface area contributed by atoms with Crippen molar-refractivity contribution in [1.82, 2.24) is 0 Å². The summed E-state index contributed by atoms with van der Waals surface area (Å²) < 4.78 is 11.1. The van der Waals surface area contributed by atoms with Gasteiger partial charge in [-0.3, -0.25) is 0 Å². The first-order valence-corrected chi connectivity index (χ1v) is 5.85. The molecular weight excluding hydrogens is 204 g/mol. The Kier molecular flexibility index (Phi) is 3.67. The van der Waals surface area contributed by atoms with Crippen LogP contribution in [0.2, 0.25) is 0 Å². The van der Waals surface area contributed by atoms with Gasteiger partial charge in [0.15, 0.2) is 0 Å². The highest BCUT2D eigenvalue weighted by molar-refractivity contribution is 5.31. The molecule has 3 heteroatoms. The summed E-state index contributed by atoms with van der Waals surface area (Å²) in [5, 5.41) is 9.39. The van der Waals surface area contributed by atoms with Gasteiger partial charge in [-0.1, -0.05) is 0 Å². The van der Waals surface area contributed by atoms with E-state index in [-0.39, 0.29) is 12.2 Å². The lowest BCUT2D eigenvalue weighted by atomic mass is 10.3. The second-order valence-corrected chi connectivity index (χ2v) is 4.11. The van der Waals surface area contributed by atoms with Crippen molar-refractivity contribution in [2.45, 2.75) is 38.4 Å². The molecule has 0 saturated heterocycles. The zero-order valence-electron chi connectivity index (χ0n) is 9.56. The monoisotopic (exact) mass is 222 g/mol. The van der Waals surface area contributed by atoms with Gasteiger partial charge in [-0.05, 0) is 44.0 Å². The SMILES string of the molecule is CCOc1ccc(OC2CCC(O)C2)cc1. The van der Waals surface area contributed by atoms with Gasteiger partial charge in [0.25, 0.3) is 0 Å². The summed E-state index contributed by atoms with van der Waals surface area (Å²) in [7, 11) is 0. The number of benzene rings is 1. The van der Waals surface area contributed by atoms with Crippen molar-refractivity contribution in [1.29, 1.82) is 0 Å². The molecule has 0 heterocycles. The largest absolute Gasteiger partial charge is 0.494 e. The predicted octanol–water partition coefficient (Wildman–Crippen LogP) is 2.38. The average molecular weight is 222 g/mol. The van der Waals surface area contributed by atoms with Crippen molar-refractivity contribution < 1.29 is 14.6 Å². The molecule has 16 heavy (non-hydrogen) atoms. The Balaban J connectivity index is 1.89. The Morgan fingerprint density at radius 2 is 1.88 bits per heavy atom. The summed E-state index contributed by atoms with van der Waals surface area (Å²) in [6.45, 7) is 2.64. The molecule has 2 unspecified atom stereocenters. The van der Waals surface area contributed by atoms with Crippen molar-refractivity contribution >= 4 is 0 Å². The van der Waals surface area contributed by atoms with Gasteiger partial charge in [-0.15, -0.1) is 0 Å². The molecule has 88 valence electrons. The molecule has 1 aromatic rings. The highest BCUT2D eigenvalue weighted by Gasteiger charge is 2.24. The molecule has 1 fully saturated rings. The van der Waals surface area contributed by atoms with Crippen LogP contribution in [0.1, 0.15) is 26.2 Å². The number of aliphatic hydroxyl groups excluding tert-OH is 1. The van der Waals surface area contributed by atoms with E-state index < -0.39 is 0 Å². The Hall–Kier alpha value is -1.22. The minimum atomic E-state index is -0.187. The van der Waals surface area contributed by atoms with Gasteiger partial charge in [-0.25, -0.2) is 0 Å². The first-order valence-electron chi connectivity index (χ1n) is 5.85. The molecule has 1 N–H and O–H groups in total. The van der Waals surface area contributed by atoms with E-state index in [0.29, 0.717) is 6.61 Å². The van der Waals surface area contributed by atoms with Crippen LogP contribution in [0.25, 0.3) is 0 Å². The fraction of sp³-hybridized carbons (Fsp3) is 0.538. The van der Waals surface area contributed by atoms with E-state index in [4.69, 9.17) is 9.47 Å². The molecule has 0 radical (unpaired) electrons. The Bertz CT molecular complexity index is 320. The zero-order chi connectivity index (χ0) is 11.4. The standard InChI is InChI=1S/C13H18O3/c1-2-15-11-5-7-12(8-6-11)16-13-4-3-10(14)9-13/h5-8,10,13-14H,2-4,9H2,1H3. The molecular formula is C13H18O3. The predicted molar refractivity (Wildman–Crippen MR) is 61.9 cm³/mol. The number of hydrogen-bond donors (Lipinski definition) is 1. The lowest BCUT2D eigenvalue weighted by Crippen LogP contribution is -2.13. The number of ether oxygens (including phenoxy) is 2. The van der Waals surface area contributed by atoms with E-state index in [2.05, 4.69) is 0 Å². The van der Waals surface area contributed by atoms with E-state index in [9.17, 15) is 5.11 Å². The van der Waals surface area contributed by atoms with Crippen LogP contribution in [0, 0.1) is 0 Å². The maximum Gasteiger partial charge on any atom is 0.119 e. The van der Waals surface area contributed by atoms with Crippen LogP contribution in [0.3, 0.4) is 0 Å². The number of aliphatic hydroxyl groups is 1. The fourth-order valence-corrected chi connectivity index (χ4v) is 2.00. The van der Waals surface area contributed by atoms with Crippen molar-refractivity contribution in [3.05, 3.63) is 24.3 Å². The van der Waals surface area contributed by atoms with Gasteiger partial charge in [0, 0.05) is 6.42 Å². The first-order chi connectivity index (χ1) is 7.78. The molecule has 0 aromatic heterocycles. The van der Waals surface area contributed by atoms with Crippen LogP contribution in [-0.2, 0) is 0 Å². The van der Waals surface area contributed by atoms with Crippen molar-refractivity contribution in [3.8, 4) is 11.5 Å². The average Bonchev–Trinajstić information content (AvgIpc) is 2.67. The van der Waals surface area contributed by atoms with Gasteiger partial charge < -0.3 is 14.6 Å². The molecule has 1 aliphatic rings. The minimum absolute atomic E-state index is 0.160. The van der Waals surface area contributed by atoms with E-state index in [1.165, 1.54) is 0 Å². The molecule has 0 bridgehead atoms. The Morgan fingerprint density at radius 3 is 2.44 bits per heavy atom. The molecule has 3 nitrogen and oxygen atoms in total. The topological polar surface area (TPSA) is 38.7 Å². The summed E-state index contributed by atoms with van der Waals surface area (Å²) in [5.74, 6) is 1.71. The second-order valence-electron chi connectivity index (χ2n) is 4.11. The van der Waals surface area contributed by atoms with Crippen LogP contribution >= 0.6 is 0 Å². The lowest BCUT2D eigenvalue weighted by Gasteiger charge is -2.13. The summed E-state index contributed by atoms with van der Waals surface area (Å²) >= 11 is 0. The van der Waals surface area contributed by atoms with Crippen LogP contribution in [0.5, 0.6) is 11.5 Å². The highest BCUT2D eigenvalue weighted by Crippen LogP contribution is 2.25. The number of hydrogen-bond acceptors (Lipinski definition) is 3. The van der Waals surface area contributed by atoms with Gasteiger partial charge in [0.05, 0.1) is 12.7 Å². The Morgan fingerprint density at radius 1 is 1.19 bits per heavy atom. The highest BCUT2D eigenvalue weighted by atomic mass is 16.5. The lowest BCUT2D eigenvalue weighted by molar-refractivity contribution is 0.149. The van der Waals surface area contributed by atoms with E-state index in [1.807, 2.05) is 31.2 Å². The number of rotatable bonds is 4. The quantitative estimate of drug-likeness (QED) is 0.850. The summed E-state index contributed by atoms with van der Waals surface area (Å²) in [6, 6.07) is 7.64. The third kappa shape index (κ3) is 2.89. The van der Waals surface area contributed by atoms with Crippen LogP contribution in [0.4, 0.5) is 0 Å². The molecule has 0 amide bonds. The van der Waals surface area contributed by atoms with Crippen molar-refractivity contribution in [3.63, 3.8) is 0 Å². The molecule has 0 spiro atoms. The van der Waals surface area contributed by atoms with Gasteiger partial charge >= 0.3 is 0 Å². The third-order valence-corrected chi connectivity index (χ3v) is 2.79. The van der Waals surface area contributed by atoms with Crippen LogP contribution in [-0.4, -0.2) is 23.9 Å². The van der Waals surface area contributed by atoms with Gasteiger partial charge in [0.1, 0.15) is 17.6 Å². The molecule has 2 atom stereocenters. The van der Waals surface area contributed by atoms with E-state index in [0.717, 1.165) is 30.8 Å². The third-order valence-electron chi connectivity index (χ3n) is 2.79. The van der Waals surface area contributed by atoms with Crippen LogP contribution in [0.15, 0.2) is 24.3 Å². The normalized spacial score (nSPS) is 24.4. The maximum absolute atomic E-state index is 9.39. The van der Waals surface area contributed by atoms with Crippen LogP contribution < -0.4 is 9.47 Å². The van der Waals surface area contributed by atoms with Gasteiger partial charge in [-0.2, -0.15) is 0 Å². The fourth-order valence-electron chi connectivity index (χ4n) is 2.00. The first kappa shape index (κ1) is 11.3. The minimum Gasteiger partial charge on any atom is -0.494 e. The Labute approximate surface area is 96.0 Å². The molecule has 1 aliphatic carbocycles. The van der Waals surface area contributed by atoms with Crippen molar-refractivity contribution in [2.75, 3.05) is 6.61 Å². The smallest absolute Gasteiger partial charge is 0.119 e. The molecule has 2 rings (SSSR count). The van der Waals surface area contributed by atoms with Crippen molar-refractivity contribution in [2.24, 2.45) is 0 Å². The zero-order valence-corrected chi connectivity index (χ0v) is 9.56. The van der Waals surface area contributed by atoms with E-state index >= 15 is 0 Å². The van der Waals surface area contributed by atoms with Gasteiger partial charge in [0.2, 0.25) is 0 Å². The summed E-state index contributed by atoms with van der Waals surface area (Å²) in [5.41, 5.74) is 0. The summed E-state index contributed by atoms with van der Waals surface area (Å²) in [4.78, 5) is 0.